The van der Waals surface area contributed by atoms with Crippen LogP contribution in [0.25, 0.3) is 10.9 Å². The Morgan fingerprint density at radius 2 is 1.74 bits per heavy atom. The smallest absolute Gasteiger partial charge is 0.242 e. The maximum Gasteiger partial charge on any atom is 0.242 e. The molecule has 2 aromatic carbocycles. The summed E-state index contributed by atoms with van der Waals surface area (Å²) in [6.45, 7) is 2.80. The summed E-state index contributed by atoms with van der Waals surface area (Å²) in [6, 6.07) is 11.4. The fraction of sp³-hybridized carbons (Fsp3) is 0.190. The zero-order valence-corrected chi connectivity index (χ0v) is 18.0. The van der Waals surface area contributed by atoms with Crippen LogP contribution in [0, 0.1) is 0 Å². The highest BCUT2D eigenvalue weighted by atomic mass is 32.2. The lowest BCUT2D eigenvalue weighted by Crippen LogP contribution is -2.41. The first-order valence-electron chi connectivity index (χ1n) is 9.34. The first kappa shape index (κ1) is 22.2. The van der Waals surface area contributed by atoms with Crippen molar-refractivity contribution >= 4 is 44.1 Å². The van der Waals surface area contributed by atoms with Gasteiger partial charge in [-0.3, -0.25) is 14.6 Å². The Morgan fingerprint density at radius 1 is 1.03 bits per heavy atom. The standard InChI is InChI=1S/C21H22N4O5S/c1-13(25-31(28,29)16-8-6-15(7-9-16)23-14(2)26)21(27)24-18-10-11-19(30-3)20-17(18)5-4-12-22-20/h4-13,25H,1-3H3,(H,23,26)(H,24,27)/t13-/m0/s1. The SMILES string of the molecule is COc1ccc(NC(=O)[C@H](C)NS(=O)(=O)c2ccc(NC(C)=O)cc2)c2cccnc12. The van der Waals surface area contributed by atoms with Crippen LogP contribution in [0.1, 0.15) is 13.8 Å². The van der Waals surface area contributed by atoms with E-state index in [0.717, 1.165) is 0 Å². The fourth-order valence-corrected chi connectivity index (χ4v) is 4.14. The van der Waals surface area contributed by atoms with Gasteiger partial charge in [0.15, 0.2) is 0 Å². The summed E-state index contributed by atoms with van der Waals surface area (Å²) in [5, 5.41) is 5.96. The summed E-state index contributed by atoms with van der Waals surface area (Å²) in [7, 11) is -2.42. The zero-order valence-electron chi connectivity index (χ0n) is 17.2. The van der Waals surface area contributed by atoms with Gasteiger partial charge in [0.2, 0.25) is 21.8 Å². The molecule has 3 aromatic rings. The van der Waals surface area contributed by atoms with Crippen molar-refractivity contribution in [3.05, 3.63) is 54.7 Å². The molecule has 0 fully saturated rings. The Labute approximate surface area is 179 Å². The molecule has 10 heteroatoms. The van der Waals surface area contributed by atoms with Crippen molar-refractivity contribution in [2.45, 2.75) is 24.8 Å². The number of rotatable bonds is 7. The lowest BCUT2D eigenvalue weighted by molar-refractivity contribution is -0.117. The maximum absolute atomic E-state index is 12.7. The number of fused-ring (bicyclic) bond motifs is 1. The van der Waals surface area contributed by atoms with Gasteiger partial charge < -0.3 is 15.4 Å². The van der Waals surface area contributed by atoms with Crippen molar-refractivity contribution in [2.24, 2.45) is 0 Å². The number of hydrogen-bond donors (Lipinski definition) is 3. The second kappa shape index (κ2) is 9.11. The molecule has 3 N–H and O–H groups in total. The number of pyridine rings is 1. The predicted octanol–water partition coefficient (Wildman–Crippen LogP) is 2.51. The molecule has 0 saturated heterocycles. The summed E-state index contributed by atoms with van der Waals surface area (Å²) >= 11 is 0. The molecular formula is C21H22N4O5S. The van der Waals surface area contributed by atoms with Gasteiger partial charge in [-0.25, -0.2) is 8.42 Å². The second-order valence-electron chi connectivity index (χ2n) is 6.75. The van der Waals surface area contributed by atoms with Crippen LogP contribution in [-0.4, -0.2) is 38.4 Å². The minimum atomic E-state index is -3.95. The highest BCUT2D eigenvalue weighted by Crippen LogP contribution is 2.29. The van der Waals surface area contributed by atoms with Crippen LogP contribution in [-0.2, 0) is 19.6 Å². The van der Waals surface area contributed by atoms with E-state index in [1.807, 2.05) is 0 Å². The number of amides is 2. The number of ether oxygens (including phenoxy) is 1. The number of methoxy groups -OCH3 is 1. The number of hydrogen-bond acceptors (Lipinski definition) is 6. The Kier molecular flexibility index (Phi) is 6.52. The van der Waals surface area contributed by atoms with Crippen molar-refractivity contribution in [3.8, 4) is 5.75 Å². The van der Waals surface area contributed by atoms with Crippen LogP contribution in [0.4, 0.5) is 11.4 Å². The van der Waals surface area contributed by atoms with E-state index in [0.29, 0.717) is 28.0 Å². The topological polar surface area (TPSA) is 126 Å². The van der Waals surface area contributed by atoms with Crippen molar-refractivity contribution in [3.63, 3.8) is 0 Å². The van der Waals surface area contributed by atoms with Crippen molar-refractivity contribution in [1.29, 1.82) is 0 Å². The van der Waals surface area contributed by atoms with Crippen LogP contribution in [0.3, 0.4) is 0 Å². The number of carbonyl (C=O) groups is 2. The third kappa shape index (κ3) is 5.16. The summed E-state index contributed by atoms with van der Waals surface area (Å²) in [5.74, 6) is -0.237. The minimum Gasteiger partial charge on any atom is -0.494 e. The average molecular weight is 442 g/mol. The normalized spacial score (nSPS) is 12.2. The van der Waals surface area contributed by atoms with Crippen molar-refractivity contribution in [1.82, 2.24) is 9.71 Å². The van der Waals surface area contributed by atoms with Gasteiger partial charge in [0.1, 0.15) is 11.3 Å². The van der Waals surface area contributed by atoms with Crippen molar-refractivity contribution < 1.29 is 22.7 Å². The molecule has 0 saturated carbocycles. The monoisotopic (exact) mass is 442 g/mol. The molecule has 1 atom stereocenters. The summed E-state index contributed by atoms with van der Waals surface area (Å²) < 4.78 is 32.9. The van der Waals surface area contributed by atoms with Crippen LogP contribution in [0.5, 0.6) is 5.75 Å². The average Bonchev–Trinajstić information content (AvgIpc) is 2.73. The van der Waals surface area contributed by atoms with Gasteiger partial charge in [-0.15, -0.1) is 0 Å². The van der Waals surface area contributed by atoms with E-state index >= 15 is 0 Å². The molecule has 0 aliphatic rings. The molecule has 162 valence electrons. The first-order valence-corrected chi connectivity index (χ1v) is 10.8. The predicted molar refractivity (Wildman–Crippen MR) is 117 cm³/mol. The van der Waals surface area contributed by atoms with Crippen LogP contribution in [0.15, 0.2) is 59.6 Å². The van der Waals surface area contributed by atoms with E-state index in [-0.39, 0.29) is 10.8 Å². The lowest BCUT2D eigenvalue weighted by atomic mass is 10.1. The van der Waals surface area contributed by atoms with E-state index in [1.54, 1.807) is 30.5 Å². The minimum absolute atomic E-state index is 0.0275. The van der Waals surface area contributed by atoms with Gasteiger partial charge in [-0.2, -0.15) is 4.72 Å². The van der Waals surface area contributed by atoms with Gasteiger partial charge in [0, 0.05) is 24.2 Å². The Morgan fingerprint density at radius 3 is 2.39 bits per heavy atom. The van der Waals surface area contributed by atoms with Gasteiger partial charge >= 0.3 is 0 Å². The third-order valence-corrected chi connectivity index (χ3v) is 5.98. The molecule has 2 amide bonds. The number of nitrogens with one attached hydrogen (secondary N) is 3. The second-order valence-corrected chi connectivity index (χ2v) is 8.47. The van der Waals surface area contributed by atoms with Crippen LogP contribution >= 0.6 is 0 Å². The lowest BCUT2D eigenvalue weighted by Gasteiger charge is -2.16. The van der Waals surface area contributed by atoms with Gasteiger partial charge in [-0.1, -0.05) is 0 Å². The van der Waals surface area contributed by atoms with E-state index in [4.69, 9.17) is 4.74 Å². The van der Waals surface area contributed by atoms with Crippen LogP contribution < -0.4 is 20.1 Å². The number of anilines is 2. The fourth-order valence-electron chi connectivity index (χ4n) is 2.94. The molecule has 0 unspecified atom stereocenters. The molecule has 9 nitrogen and oxygen atoms in total. The Hall–Kier alpha value is -3.50. The first-order chi connectivity index (χ1) is 14.7. The summed E-state index contributed by atoms with van der Waals surface area (Å²) in [5.41, 5.74) is 1.53. The maximum atomic E-state index is 12.7. The molecule has 1 heterocycles. The highest BCUT2D eigenvalue weighted by molar-refractivity contribution is 7.89. The van der Waals surface area contributed by atoms with E-state index in [9.17, 15) is 18.0 Å². The zero-order chi connectivity index (χ0) is 22.6. The molecule has 0 spiro atoms. The molecule has 0 bridgehead atoms. The number of aromatic nitrogens is 1. The van der Waals surface area contributed by atoms with E-state index < -0.39 is 22.0 Å². The molecule has 0 aliphatic heterocycles. The third-order valence-electron chi connectivity index (χ3n) is 4.42. The molecule has 31 heavy (non-hydrogen) atoms. The number of benzene rings is 2. The number of carbonyl (C=O) groups excluding carboxylic acids is 2. The summed E-state index contributed by atoms with van der Waals surface area (Å²) in [6.07, 6.45) is 1.62. The van der Waals surface area contributed by atoms with E-state index in [2.05, 4.69) is 20.3 Å². The molecular weight excluding hydrogens is 420 g/mol. The number of nitrogens with zero attached hydrogens (tertiary/aromatic N) is 1. The molecule has 1 aromatic heterocycles. The molecule has 3 rings (SSSR count). The number of sulfonamides is 1. The largest absolute Gasteiger partial charge is 0.494 e. The van der Waals surface area contributed by atoms with E-state index in [1.165, 1.54) is 45.2 Å². The molecule has 0 aliphatic carbocycles. The van der Waals surface area contributed by atoms with Gasteiger partial charge in [-0.05, 0) is 55.5 Å². The van der Waals surface area contributed by atoms with Gasteiger partial charge in [0.25, 0.3) is 0 Å². The summed E-state index contributed by atoms with van der Waals surface area (Å²) in [4.78, 5) is 28.0. The quantitative estimate of drug-likeness (QED) is 0.516. The van der Waals surface area contributed by atoms with Gasteiger partial charge in [0.05, 0.1) is 23.7 Å². The molecule has 0 radical (unpaired) electrons. The highest BCUT2D eigenvalue weighted by Gasteiger charge is 2.23. The van der Waals surface area contributed by atoms with Crippen LogP contribution in [0.2, 0.25) is 0 Å². The Bertz CT molecular complexity index is 1230. The van der Waals surface area contributed by atoms with Crippen molar-refractivity contribution in [2.75, 3.05) is 17.7 Å². The Balaban J connectivity index is 1.75.